The zero-order valence-corrected chi connectivity index (χ0v) is 10.6. The van der Waals surface area contributed by atoms with E-state index in [-0.39, 0.29) is 0 Å². The topological polar surface area (TPSA) is 125 Å². The van der Waals surface area contributed by atoms with Gasteiger partial charge in [-0.15, -0.1) is 0 Å². The van der Waals surface area contributed by atoms with Crippen molar-refractivity contribution in [3.63, 3.8) is 0 Å². The van der Waals surface area contributed by atoms with Crippen molar-refractivity contribution in [3.8, 4) is 0 Å². The van der Waals surface area contributed by atoms with Gasteiger partial charge in [0.1, 0.15) is 6.04 Å². The van der Waals surface area contributed by atoms with Crippen LogP contribution in [0.5, 0.6) is 0 Å². The number of urea groups is 1. The molecule has 104 valence electrons. The second-order valence-electron chi connectivity index (χ2n) is 4.12. The maximum Gasteiger partial charge on any atom is 0.326 e. The molecule has 0 rings (SSSR count). The number of nitrogens with zero attached hydrogens (tertiary/aromatic N) is 1. The molecule has 0 fully saturated rings. The van der Waals surface area contributed by atoms with Crippen molar-refractivity contribution in [1.82, 2.24) is 15.5 Å². The summed E-state index contributed by atoms with van der Waals surface area (Å²) in [7, 11) is 3.82. The lowest BCUT2D eigenvalue weighted by Gasteiger charge is -2.14. The summed E-state index contributed by atoms with van der Waals surface area (Å²) in [5, 5.41) is 13.4. The first-order valence-corrected chi connectivity index (χ1v) is 5.53. The predicted molar refractivity (Wildman–Crippen MR) is 64.9 cm³/mol. The third-order valence-electron chi connectivity index (χ3n) is 2.08. The van der Waals surface area contributed by atoms with Gasteiger partial charge in [-0.05, 0) is 27.1 Å². The summed E-state index contributed by atoms with van der Waals surface area (Å²) in [5.74, 6) is -2.08. The Kier molecular flexibility index (Phi) is 7.45. The molecule has 0 spiro atoms. The highest BCUT2D eigenvalue weighted by Crippen LogP contribution is 1.91. The number of primary amides is 1. The van der Waals surface area contributed by atoms with Crippen molar-refractivity contribution in [2.75, 3.05) is 27.2 Å². The normalized spacial score (nSPS) is 11.9. The van der Waals surface area contributed by atoms with E-state index in [4.69, 9.17) is 10.8 Å². The van der Waals surface area contributed by atoms with Crippen LogP contribution in [0.4, 0.5) is 4.79 Å². The van der Waals surface area contributed by atoms with Gasteiger partial charge in [-0.2, -0.15) is 0 Å². The lowest BCUT2D eigenvalue weighted by Crippen LogP contribution is -2.48. The molecule has 0 saturated carbocycles. The molecule has 8 nitrogen and oxygen atoms in total. The predicted octanol–water partition coefficient (Wildman–Crippen LogP) is -1.43. The average Bonchev–Trinajstić information content (AvgIpc) is 2.22. The lowest BCUT2D eigenvalue weighted by molar-refractivity contribution is -0.140. The van der Waals surface area contributed by atoms with E-state index in [0.717, 1.165) is 13.0 Å². The molecule has 18 heavy (non-hydrogen) atoms. The summed E-state index contributed by atoms with van der Waals surface area (Å²) >= 11 is 0. The van der Waals surface area contributed by atoms with E-state index in [0.29, 0.717) is 6.54 Å². The number of carboxylic acids is 1. The van der Waals surface area contributed by atoms with Crippen molar-refractivity contribution in [3.05, 3.63) is 0 Å². The fraction of sp³-hybridized carbons (Fsp3) is 0.700. The highest BCUT2D eigenvalue weighted by atomic mass is 16.4. The first kappa shape index (κ1) is 16.2. The number of carboxylic acid groups (broad SMARTS) is 1. The van der Waals surface area contributed by atoms with E-state index >= 15 is 0 Å². The third kappa shape index (κ3) is 8.34. The average molecular weight is 260 g/mol. The largest absolute Gasteiger partial charge is 0.480 e. The Bertz CT molecular complexity index is 306. The molecule has 0 aromatic rings. The van der Waals surface area contributed by atoms with Gasteiger partial charge >= 0.3 is 12.0 Å². The molecule has 0 aliphatic rings. The molecule has 0 aliphatic carbocycles. The molecule has 0 unspecified atom stereocenters. The van der Waals surface area contributed by atoms with Crippen LogP contribution in [0.2, 0.25) is 0 Å². The zero-order chi connectivity index (χ0) is 14.1. The third-order valence-corrected chi connectivity index (χ3v) is 2.08. The van der Waals surface area contributed by atoms with Gasteiger partial charge in [0.15, 0.2) is 0 Å². The summed E-state index contributed by atoms with van der Waals surface area (Å²) in [6.45, 7) is 1.23. The smallest absolute Gasteiger partial charge is 0.326 e. The number of hydrogen-bond acceptors (Lipinski definition) is 4. The Morgan fingerprint density at radius 3 is 2.39 bits per heavy atom. The summed E-state index contributed by atoms with van der Waals surface area (Å²) < 4.78 is 0. The van der Waals surface area contributed by atoms with Crippen LogP contribution < -0.4 is 16.4 Å². The van der Waals surface area contributed by atoms with Crippen molar-refractivity contribution >= 4 is 17.9 Å². The molecular weight excluding hydrogens is 240 g/mol. The molecule has 0 aromatic carbocycles. The van der Waals surface area contributed by atoms with E-state index < -0.39 is 30.4 Å². The van der Waals surface area contributed by atoms with E-state index in [1.165, 1.54) is 0 Å². The Balaban J connectivity index is 3.95. The quantitative estimate of drug-likeness (QED) is 0.398. The van der Waals surface area contributed by atoms with Crippen LogP contribution in [0.25, 0.3) is 0 Å². The van der Waals surface area contributed by atoms with Gasteiger partial charge in [-0.1, -0.05) is 0 Å². The van der Waals surface area contributed by atoms with E-state index in [2.05, 4.69) is 10.6 Å². The molecule has 0 aromatic heterocycles. The maximum atomic E-state index is 11.3. The Morgan fingerprint density at radius 1 is 1.33 bits per heavy atom. The monoisotopic (exact) mass is 260 g/mol. The SMILES string of the molecule is CN(C)CCCNC(=O)N[C@@H](CC(N)=O)C(=O)O. The molecule has 1 atom stereocenters. The number of carbonyl (C=O) groups is 3. The number of carbonyl (C=O) groups excluding carboxylic acids is 2. The van der Waals surface area contributed by atoms with Gasteiger partial charge in [-0.3, -0.25) is 4.79 Å². The Labute approximate surface area is 106 Å². The second-order valence-corrected chi connectivity index (χ2v) is 4.12. The molecule has 8 heteroatoms. The van der Waals surface area contributed by atoms with Crippen molar-refractivity contribution in [1.29, 1.82) is 0 Å². The molecule has 5 N–H and O–H groups in total. The van der Waals surface area contributed by atoms with E-state index in [9.17, 15) is 14.4 Å². The Morgan fingerprint density at radius 2 is 1.94 bits per heavy atom. The van der Waals surface area contributed by atoms with Crippen molar-refractivity contribution < 1.29 is 19.5 Å². The van der Waals surface area contributed by atoms with Crippen LogP contribution in [0.1, 0.15) is 12.8 Å². The van der Waals surface area contributed by atoms with Crippen LogP contribution in [0, 0.1) is 0 Å². The molecule has 0 bridgehead atoms. The Hall–Kier alpha value is -1.83. The van der Waals surface area contributed by atoms with Crippen LogP contribution in [0.15, 0.2) is 0 Å². The molecule has 0 heterocycles. The van der Waals surface area contributed by atoms with Gasteiger partial charge in [0, 0.05) is 6.54 Å². The number of hydrogen-bond donors (Lipinski definition) is 4. The molecular formula is C10H20N4O4. The summed E-state index contributed by atoms with van der Waals surface area (Å²) in [6.07, 6.45) is 0.314. The molecule has 3 amide bonds. The highest BCUT2D eigenvalue weighted by molar-refractivity contribution is 5.87. The van der Waals surface area contributed by atoms with Gasteiger partial charge in [0.05, 0.1) is 6.42 Å². The minimum atomic E-state index is -1.30. The maximum absolute atomic E-state index is 11.3. The van der Waals surface area contributed by atoms with Crippen LogP contribution in [-0.4, -0.2) is 61.1 Å². The van der Waals surface area contributed by atoms with Crippen molar-refractivity contribution in [2.45, 2.75) is 18.9 Å². The molecule has 0 saturated heterocycles. The van der Waals surface area contributed by atoms with Crippen molar-refractivity contribution in [2.24, 2.45) is 5.73 Å². The fourth-order valence-corrected chi connectivity index (χ4v) is 1.21. The van der Waals surface area contributed by atoms with Crippen LogP contribution in [0.3, 0.4) is 0 Å². The van der Waals surface area contributed by atoms with Crippen LogP contribution >= 0.6 is 0 Å². The van der Waals surface area contributed by atoms with Gasteiger partial charge in [-0.25, -0.2) is 9.59 Å². The minimum absolute atomic E-state index is 0.424. The summed E-state index contributed by atoms with van der Waals surface area (Å²) in [5.41, 5.74) is 4.88. The van der Waals surface area contributed by atoms with Gasteiger partial charge in [0.2, 0.25) is 5.91 Å². The van der Waals surface area contributed by atoms with E-state index in [1.54, 1.807) is 0 Å². The number of aliphatic carboxylic acids is 1. The minimum Gasteiger partial charge on any atom is -0.480 e. The summed E-state index contributed by atoms with van der Waals surface area (Å²) in [6, 6.07) is -1.92. The zero-order valence-electron chi connectivity index (χ0n) is 10.6. The second kappa shape index (κ2) is 8.29. The van der Waals surface area contributed by atoms with E-state index in [1.807, 2.05) is 19.0 Å². The number of nitrogens with one attached hydrogen (secondary N) is 2. The molecule has 0 radical (unpaired) electrons. The first-order valence-electron chi connectivity index (χ1n) is 5.53. The number of amides is 3. The number of rotatable bonds is 8. The van der Waals surface area contributed by atoms with Crippen LogP contribution in [-0.2, 0) is 9.59 Å². The fourth-order valence-electron chi connectivity index (χ4n) is 1.21. The highest BCUT2D eigenvalue weighted by Gasteiger charge is 2.21. The molecule has 0 aliphatic heterocycles. The van der Waals surface area contributed by atoms with Gasteiger partial charge in [0.25, 0.3) is 0 Å². The number of nitrogens with two attached hydrogens (primary N) is 1. The first-order chi connectivity index (χ1) is 8.32. The van der Waals surface area contributed by atoms with Gasteiger partial charge < -0.3 is 26.4 Å². The summed E-state index contributed by atoms with van der Waals surface area (Å²) in [4.78, 5) is 34.6. The standard InChI is InChI=1S/C10H20N4O4/c1-14(2)5-3-4-12-10(18)13-7(9(16)17)6-8(11)15/h7H,3-6H2,1-2H3,(H2,11,15)(H,16,17)(H2,12,13,18)/t7-/m0/s1. The lowest BCUT2D eigenvalue weighted by atomic mass is 10.2.